The Hall–Kier alpha value is -2.34. The van der Waals surface area contributed by atoms with Crippen molar-refractivity contribution in [2.24, 2.45) is 17.8 Å². The maximum absolute atomic E-state index is 13.0. The van der Waals surface area contributed by atoms with Gasteiger partial charge in [-0.1, -0.05) is 30.3 Å². The largest absolute Gasteiger partial charge is 0.378 e. The first-order valence-electron chi connectivity index (χ1n) is 11.2. The number of anilines is 2. The van der Waals surface area contributed by atoms with Crippen molar-refractivity contribution in [1.29, 1.82) is 0 Å². The summed E-state index contributed by atoms with van der Waals surface area (Å²) in [5, 5.41) is 6.92. The molecule has 4 heteroatoms. The van der Waals surface area contributed by atoms with Gasteiger partial charge in [-0.15, -0.1) is 0 Å². The van der Waals surface area contributed by atoms with Crippen molar-refractivity contribution in [3.63, 3.8) is 0 Å². The zero-order valence-corrected chi connectivity index (χ0v) is 19.4. The van der Waals surface area contributed by atoms with Crippen LogP contribution in [0.2, 0.25) is 0 Å². The molecule has 6 rings (SSSR count). The standard InChI is InChI=1S/C27H25IN2O/c28-20-9-11-21(12-10-20)29-27(31)19-8-13-23-22(15-19)24-17-6-7-18(14-17)25(24)26(30-23)16-4-2-1-3-5-16/h1-5,8-13,15,17-18,24-26,30H,6-7,14H2,(H,29,31)/t17-,18-,24-,25-,26+/m0/s1. The van der Waals surface area contributed by atoms with Gasteiger partial charge >= 0.3 is 0 Å². The topological polar surface area (TPSA) is 41.1 Å². The van der Waals surface area contributed by atoms with Crippen LogP contribution in [-0.4, -0.2) is 5.91 Å². The lowest BCUT2D eigenvalue weighted by Gasteiger charge is -2.43. The zero-order chi connectivity index (χ0) is 20.9. The molecule has 2 N–H and O–H groups in total. The van der Waals surface area contributed by atoms with Crippen molar-refractivity contribution >= 4 is 39.9 Å². The molecule has 0 saturated heterocycles. The van der Waals surface area contributed by atoms with Crippen LogP contribution in [-0.2, 0) is 0 Å². The number of halogens is 1. The number of nitrogens with one attached hydrogen (secondary N) is 2. The van der Waals surface area contributed by atoms with E-state index in [1.807, 2.05) is 30.3 Å². The van der Waals surface area contributed by atoms with E-state index >= 15 is 0 Å². The van der Waals surface area contributed by atoms with E-state index < -0.39 is 0 Å². The monoisotopic (exact) mass is 520 g/mol. The number of hydrogen-bond acceptors (Lipinski definition) is 2. The van der Waals surface area contributed by atoms with E-state index in [9.17, 15) is 4.79 Å². The van der Waals surface area contributed by atoms with Crippen LogP contribution in [0.4, 0.5) is 11.4 Å². The predicted molar refractivity (Wildman–Crippen MR) is 133 cm³/mol. The average Bonchev–Trinajstić information content (AvgIpc) is 3.43. The van der Waals surface area contributed by atoms with Crippen molar-refractivity contribution < 1.29 is 4.79 Å². The lowest BCUT2D eigenvalue weighted by molar-refractivity contribution is 0.102. The maximum atomic E-state index is 13.0. The Morgan fingerprint density at radius 1 is 0.935 bits per heavy atom. The normalized spacial score (nSPS) is 27.8. The molecule has 31 heavy (non-hydrogen) atoms. The van der Waals surface area contributed by atoms with Crippen molar-refractivity contribution in [1.82, 2.24) is 0 Å². The van der Waals surface area contributed by atoms with E-state index in [2.05, 4.69) is 75.7 Å². The molecule has 2 fully saturated rings. The van der Waals surface area contributed by atoms with Gasteiger partial charge in [0.2, 0.25) is 0 Å². The smallest absolute Gasteiger partial charge is 0.255 e. The van der Waals surface area contributed by atoms with Gasteiger partial charge in [0.1, 0.15) is 0 Å². The first-order chi connectivity index (χ1) is 15.2. The van der Waals surface area contributed by atoms with E-state index in [1.165, 1.54) is 36.1 Å². The molecule has 3 aromatic carbocycles. The quantitative estimate of drug-likeness (QED) is 0.372. The molecule has 3 aromatic rings. The summed E-state index contributed by atoms with van der Waals surface area (Å²) in [4.78, 5) is 13.0. The summed E-state index contributed by atoms with van der Waals surface area (Å²) < 4.78 is 1.16. The molecule has 0 radical (unpaired) electrons. The van der Waals surface area contributed by atoms with Gasteiger partial charge in [-0.2, -0.15) is 0 Å². The third kappa shape index (κ3) is 3.36. The highest BCUT2D eigenvalue weighted by atomic mass is 127. The number of benzene rings is 3. The van der Waals surface area contributed by atoms with E-state index in [1.54, 1.807) is 0 Å². The Labute approximate surface area is 196 Å². The minimum absolute atomic E-state index is 0.0334. The third-order valence-electron chi connectivity index (χ3n) is 7.61. The molecular weight excluding hydrogens is 495 g/mol. The Balaban J connectivity index is 1.34. The Kier molecular flexibility index (Phi) is 4.78. The van der Waals surface area contributed by atoms with Gasteiger partial charge in [0, 0.05) is 20.5 Å². The van der Waals surface area contributed by atoms with Crippen molar-refractivity contribution in [2.75, 3.05) is 10.6 Å². The van der Waals surface area contributed by atoms with Crippen LogP contribution in [0.15, 0.2) is 72.8 Å². The Morgan fingerprint density at radius 3 is 2.52 bits per heavy atom. The number of hydrogen-bond donors (Lipinski definition) is 2. The molecule has 0 aromatic heterocycles. The van der Waals surface area contributed by atoms with Crippen LogP contribution in [0.3, 0.4) is 0 Å². The van der Waals surface area contributed by atoms with E-state index in [4.69, 9.17) is 0 Å². The number of fused-ring (bicyclic) bond motifs is 7. The number of rotatable bonds is 3. The van der Waals surface area contributed by atoms with Gasteiger partial charge < -0.3 is 10.6 Å². The van der Waals surface area contributed by atoms with Gasteiger partial charge in [-0.25, -0.2) is 0 Å². The second kappa shape index (κ2) is 7.66. The third-order valence-corrected chi connectivity index (χ3v) is 8.33. The number of carbonyl (C=O) groups excluding carboxylic acids is 1. The number of carbonyl (C=O) groups is 1. The summed E-state index contributed by atoms with van der Waals surface area (Å²) in [6, 6.07) is 25.4. The molecule has 1 heterocycles. The first-order valence-corrected chi connectivity index (χ1v) is 12.3. The second-order valence-corrected chi connectivity index (χ2v) is 10.5. The molecule has 1 amide bonds. The fourth-order valence-electron chi connectivity index (χ4n) is 6.35. The molecule has 0 spiro atoms. The molecule has 156 valence electrons. The summed E-state index contributed by atoms with van der Waals surface area (Å²) in [7, 11) is 0. The van der Waals surface area contributed by atoms with Gasteiger partial charge in [0.25, 0.3) is 5.91 Å². The SMILES string of the molecule is O=C(Nc1ccc(I)cc1)c1ccc2c(c1)[C@@H]1[C@H]3CC[C@@H](C3)[C@@H]1[C@@H](c1ccccc1)N2. The second-order valence-electron chi connectivity index (χ2n) is 9.23. The highest BCUT2D eigenvalue weighted by molar-refractivity contribution is 14.1. The van der Waals surface area contributed by atoms with Crippen LogP contribution in [0.5, 0.6) is 0 Å². The summed E-state index contributed by atoms with van der Waals surface area (Å²) >= 11 is 2.27. The lowest BCUT2D eigenvalue weighted by atomic mass is 9.68. The van der Waals surface area contributed by atoms with E-state index in [-0.39, 0.29) is 5.91 Å². The lowest BCUT2D eigenvalue weighted by Crippen LogP contribution is -2.35. The minimum atomic E-state index is -0.0334. The van der Waals surface area contributed by atoms with Crippen LogP contribution in [0.25, 0.3) is 0 Å². The average molecular weight is 520 g/mol. The molecule has 3 aliphatic rings. The molecular formula is C27H25IN2O. The maximum Gasteiger partial charge on any atom is 0.255 e. The molecule has 2 saturated carbocycles. The summed E-state index contributed by atoms with van der Waals surface area (Å²) in [6.07, 6.45) is 4.00. The van der Waals surface area contributed by atoms with Gasteiger partial charge in [0.05, 0.1) is 6.04 Å². The highest BCUT2D eigenvalue weighted by Crippen LogP contribution is 2.63. The van der Waals surface area contributed by atoms with Crippen LogP contribution in [0.1, 0.15) is 52.7 Å². The predicted octanol–water partition coefficient (Wildman–Crippen LogP) is 6.84. The highest BCUT2D eigenvalue weighted by Gasteiger charge is 2.53. The summed E-state index contributed by atoms with van der Waals surface area (Å²) in [5.74, 6) is 2.66. The van der Waals surface area contributed by atoms with Gasteiger partial charge in [-0.05, 0) is 119 Å². The molecule has 1 aliphatic heterocycles. The molecule has 5 atom stereocenters. The van der Waals surface area contributed by atoms with Crippen molar-refractivity contribution in [3.05, 3.63) is 93.1 Å². The van der Waals surface area contributed by atoms with Crippen molar-refractivity contribution in [3.8, 4) is 0 Å². The summed E-state index contributed by atoms with van der Waals surface area (Å²) in [6.45, 7) is 0. The van der Waals surface area contributed by atoms with Crippen LogP contribution >= 0.6 is 22.6 Å². The van der Waals surface area contributed by atoms with Crippen LogP contribution in [0, 0.1) is 21.3 Å². The van der Waals surface area contributed by atoms with E-state index in [0.29, 0.717) is 17.9 Å². The first kappa shape index (κ1) is 19.4. The molecule has 0 unspecified atom stereocenters. The molecule has 2 aliphatic carbocycles. The van der Waals surface area contributed by atoms with Crippen LogP contribution < -0.4 is 10.6 Å². The van der Waals surface area contributed by atoms with E-state index in [0.717, 1.165) is 26.7 Å². The fourth-order valence-corrected chi connectivity index (χ4v) is 6.71. The summed E-state index contributed by atoms with van der Waals surface area (Å²) in [5.41, 5.74) is 5.52. The van der Waals surface area contributed by atoms with Gasteiger partial charge in [-0.3, -0.25) is 4.79 Å². The Bertz CT molecular complexity index is 1130. The molecule has 3 nitrogen and oxygen atoms in total. The Morgan fingerprint density at radius 2 is 1.71 bits per heavy atom. The number of amides is 1. The molecule has 2 bridgehead atoms. The minimum Gasteiger partial charge on any atom is -0.378 e. The zero-order valence-electron chi connectivity index (χ0n) is 17.2. The van der Waals surface area contributed by atoms with Gasteiger partial charge in [0.15, 0.2) is 0 Å². The van der Waals surface area contributed by atoms with Crippen molar-refractivity contribution in [2.45, 2.75) is 31.2 Å². The fraction of sp³-hybridized carbons (Fsp3) is 0.296.